The molecule has 2 rings (SSSR count). The Morgan fingerprint density at radius 2 is 1.88 bits per heavy atom. The van der Waals surface area contributed by atoms with Crippen LogP contribution in [0.1, 0.15) is 48.5 Å². The van der Waals surface area contributed by atoms with Gasteiger partial charge in [0.05, 0.1) is 0 Å². The van der Waals surface area contributed by atoms with Gasteiger partial charge in [-0.25, -0.2) is 5.43 Å². The minimum Gasteiger partial charge on any atom is -0.267 e. The van der Waals surface area contributed by atoms with E-state index >= 15 is 0 Å². The Balaban J connectivity index is 1.96. The lowest BCUT2D eigenvalue weighted by molar-refractivity contribution is 0.0954. The highest BCUT2D eigenvalue weighted by Gasteiger charge is 2.09. The molecule has 0 unspecified atom stereocenters. The third-order valence-corrected chi connectivity index (χ3v) is 3.12. The van der Waals surface area contributed by atoms with Gasteiger partial charge in [0.1, 0.15) is 0 Å². The monoisotopic (exact) mass is 230 g/mol. The smallest absolute Gasteiger partial charge is 0.267 e. The number of nitrogens with one attached hydrogen (secondary N) is 1. The third-order valence-electron chi connectivity index (χ3n) is 3.12. The van der Waals surface area contributed by atoms with E-state index in [1.165, 1.54) is 18.4 Å². The first kappa shape index (κ1) is 11.8. The summed E-state index contributed by atoms with van der Waals surface area (Å²) in [6.07, 6.45) is 5.42. The van der Waals surface area contributed by atoms with Gasteiger partial charge in [0.25, 0.3) is 5.91 Å². The van der Waals surface area contributed by atoms with Crippen LogP contribution in [-0.4, -0.2) is 11.6 Å². The van der Waals surface area contributed by atoms with Gasteiger partial charge < -0.3 is 0 Å². The molecule has 1 aromatic carbocycles. The SMILES string of the molecule is CCc1ccc(C(=O)NN=C2CCCC2)cc1. The van der Waals surface area contributed by atoms with Crippen molar-refractivity contribution in [2.45, 2.75) is 39.0 Å². The van der Waals surface area contributed by atoms with Crippen LogP contribution in [0.4, 0.5) is 0 Å². The van der Waals surface area contributed by atoms with E-state index in [0.29, 0.717) is 5.56 Å². The number of benzene rings is 1. The van der Waals surface area contributed by atoms with E-state index in [0.717, 1.165) is 25.0 Å². The van der Waals surface area contributed by atoms with Crippen molar-refractivity contribution in [3.05, 3.63) is 35.4 Å². The molecule has 0 bridgehead atoms. The maximum Gasteiger partial charge on any atom is 0.271 e. The molecule has 17 heavy (non-hydrogen) atoms. The van der Waals surface area contributed by atoms with Crippen molar-refractivity contribution < 1.29 is 4.79 Å². The van der Waals surface area contributed by atoms with Crippen LogP contribution in [0.3, 0.4) is 0 Å². The van der Waals surface area contributed by atoms with Gasteiger partial charge in [-0.05, 0) is 49.8 Å². The summed E-state index contributed by atoms with van der Waals surface area (Å²) in [6.45, 7) is 2.10. The van der Waals surface area contributed by atoms with Gasteiger partial charge in [-0.3, -0.25) is 4.79 Å². The zero-order chi connectivity index (χ0) is 12.1. The van der Waals surface area contributed by atoms with Crippen molar-refractivity contribution in [3.63, 3.8) is 0 Å². The van der Waals surface area contributed by atoms with Crippen LogP contribution in [0.2, 0.25) is 0 Å². The number of carbonyl (C=O) groups excluding carboxylic acids is 1. The summed E-state index contributed by atoms with van der Waals surface area (Å²) in [7, 11) is 0. The zero-order valence-corrected chi connectivity index (χ0v) is 10.2. The molecule has 3 nitrogen and oxygen atoms in total. The largest absolute Gasteiger partial charge is 0.271 e. The van der Waals surface area contributed by atoms with Crippen molar-refractivity contribution in [3.8, 4) is 0 Å². The van der Waals surface area contributed by atoms with Crippen molar-refractivity contribution in [1.82, 2.24) is 5.43 Å². The van der Waals surface area contributed by atoms with Crippen molar-refractivity contribution in [2.24, 2.45) is 5.10 Å². The fourth-order valence-corrected chi connectivity index (χ4v) is 1.98. The fourth-order valence-electron chi connectivity index (χ4n) is 1.98. The first-order chi connectivity index (χ1) is 8.29. The first-order valence-electron chi connectivity index (χ1n) is 6.24. The maximum absolute atomic E-state index is 11.8. The lowest BCUT2D eigenvalue weighted by Crippen LogP contribution is -2.19. The Hall–Kier alpha value is -1.64. The topological polar surface area (TPSA) is 41.5 Å². The third kappa shape index (κ3) is 3.16. The van der Waals surface area contributed by atoms with E-state index in [2.05, 4.69) is 17.5 Å². The Morgan fingerprint density at radius 1 is 1.24 bits per heavy atom. The van der Waals surface area contributed by atoms with Crippen LogP contribution in [0.25, 0.3) is 0 Å². The summed E-state index contributed by atoms with van der Waals surface area (Å²) in [5.74, 6) is -0.118. The lowest BCUT2D eigenvalue weighted by atomic mass is 10.1. The minimum atomic E-state index is -0.118. The van der Waals surface area contributed by atoms with Gasteiger partial charge in [0.2, 0.25) is 0 Å². The van der Waals surface area contributed by atoms with Gasteiger partial charge in [0.15, 0.2) is 0 Å². The van der Waals surface area contributed by atoms with Crippen LogP contribution in [0.15, 0.2) is 29.4 Å². The number of carbonyl (C=O) groups is 1. The molecule has 1 fully saturated rings. The van der Waals surface area contributed by atoms with E-state index in [4.69, 9.17) is 0 Å². The molecule has 0 saturated heterocycles. The van der Waals surface area contributed by atoms with Crippen molar-refractivity contribution in [2.75, 3.05) is 0 Å². The summed E-state index contributed by atoms with van der Waals surface area (Å²) >= 11 is 0. The van der Waals surface area contributed by atoms with Crippen LogP contribution >= 0.6 is 0 Å². The van der Waals surface area contributed by atoms with Gasteiger partial charge in [-0.15, -0.1) is 0 Å². The van der Waals surface area contributed by atoms with E-state index in [1.807, 2.05) is 24.3 Å². The lowest BCUT2D eigenvalue weighted by Gasteiger charge is -2.02. The van der Waals surface area contributed by atoms with E-state index in [1.54, 1.807) is 0 Å². The predicted octanol–water partition coefficient (Wildman–Crippen LogP) is 2.91. The normalized spacial score (nSPS) is 14.8. The summed E-state index contributed by atoms with van der Waals surface area (Å²) in [4.78, 5) is 11.8. The Bertz CT molecular complexity index is 412. The summed E-state index contributed by atoms with van der Waals surface area (Å²) in [5.41, 5.74) is 5.65. The highest BCUT2D eigenvalue weighted by molar-refractivity contribution is 5.95. The van der Waals surface area contributed by atoms with Crippen molar-refractivity contribution >= 4 is 11.6 Å². The molecule has 90 valence electrons. The van der Waals surface area contributed by atoms with Crippen LogP contribution in [-0.2, 0) is 6.42 Å². The Labute approximate surface area is 102 Å². The zero-order valence-electron chi connectivity index (χ0n) is 10.2. The van der Waals surface area contributed by atoms with Gasteiger partial charge in [-0.1, -0.05) is 19.1 Å². The summed E-state index contributed by atoms with van der Waals surface area (Å²) < 4.78 is 0. The second-order valence-electron chi connectivity index (χ2n) is 4.38. The second kappa shape index (κ2) is 5.62. The Kier molecular flexibility index (Phi) is 3.91. The van der Waals surface area contributed by atoms with Crippen LogP contribution < -0.4 is 5.43 Å². The molecular formula is C14H18N2O. The molecule has 3 heteroatoms. The first-order valence-corrected chi connectivity index (χ1v) is 6.24. The number of hydrogen-bond acceptors (Lipinski definition) is 2. The number of aryl methyl sites for hydroxylation is 1. The minimum absolute atomic E-state index is 0.118. The molecule has 0 spiro atoms. The summed E-state index contributed by atoms with van der Waals surface area (Å²) in [6, 6.07) is 7.67. The molecule has 0 aliphatic heterocycles. The fraction of sp³-hybridized carbons (Fsp3) is 0.429. The molecule has 1 aliphatic carbocycles. The van der Waals surface area contributed by atoms with Crippen LogP contribution in [0.5, 0.6) is 0 Å². The van der Waals surface area contributed by atoms with E-state index in [9.17, 15) is 4.79 Å². The molecule has 1 saturated carbocycles. The number of hydrazone groups is 1. The van der Waals surface area contributed by atoms with Gasteiger partial charge in [0, 0.05) is 11.3 Å². The highest BCUT2D eigenvalue weighted by atomic mass is 16.2. The van der Waals surface area contributed by atoms with E-state index < -0.39 is 0 Å². The van der Waals surface area contributed by atoms with E-state index in [-0.39, 0.29) is 5.91 Å². The molecular weight excluding hydrogens is 212 g/mol. The molecule has 0 aromatic heterocycles. The summed E-state index contributed by atoms with van der Waals surface area (Å²) in [5, 5.41) is 4.16. The molecule has 1 aliphatic rings. The van der Waals surface area contributed by atoms with Crippen molar-refractivity contribution in [1.29, 1.82) is 0 Å². The molecule has 0 heterocycles. The molecule has 1 amide bonds. The predicted molar refractivity (Wildman–Crippen MR) is 69.2 cm³/mol. The number of nitrogens with zero attached hydrogens (tertiary/aromatic N) is 1. The number of amides is 1. The van der Waals surface area contributed by atoms with Crippen LogP contribution in [0, 0.1) is 0 Å². The quantitative estimate of drug-likeness (QED) is 0.797. The standard InChI is InChI=1S/C14H18N2O/c1-2-11-7-9-12(10-8-11)14(17)16-15-13-5-3-4-6-13/h7-10H,2-6H2,1H3,(H,16,17). The highest BCUT2D eigenvalue weighted by Crippen LogP contribution is 2.14. The molecule has 0 atom stereocenters. The van der Waals surface area contributed by atoms with Gasteiger partial charge in [-0.2, -0.15) is 5.10 Å². The molecule has 1 N–H and O–H groups in total. The maximum atomic E-state index is 11.8. The van der Waals surface area contributed by atoms with Gasteiger partial charge >= 0.3 is 0 Å². The molecule has 1 aromatic rings. The average molecular weight is 230 g/mol. The average Bonchev–Trinajstić information content (AvgIpc) is 2.89. The number of hydrogen-bond donors (Lipinski definition) is 1. The molecule has 0 radical (unpaired) electrons. The number of rotatable bonds is 3. The second-order valence-corrected chi connectivity index (χ2v) is 4.38. The Morgan fingerprint density at radius 3 is 2.47 bits per heavy atom.